The highest BCUT2D eigenvalue weighted by atomic mass is 16.2. The van der Waals surface area contributed by atoms with E-state index in [0.29, 0.717) is 6.04 Å². The molecule has 1 unspecified atom stereocenters. The Morgan fingerprint density at radius 2 is 1.73 bits per heavy atom. The number of carbonyl (C=O) groups is 3. The highest BCUT2D eigenvalue weighted by molar-refractivity contribution is 5.95. The lowest BCUT2D eigenvalue weighted by atomic mass is 10.1. The second-order valence-corrected chi connectivity index (χ2v) is 7.22. The summed E-state index contributed by atoms with van der Waals surface area (Å²) < 4.78 is 0. The predicted molar refractivity (Wildman–Crippen MR) is 100.0 cm³/mol. The molecule has 0 aliphatic heterocycles. The molecule has 0 radical (unpaired) electrons. The number of rotatable bonds is 8. The Kier molecular flexibility index (Phi) is 6.74. The Hall–Kier alpha value is -2.41. The highest BCUT2D eigenvalue weighted by Gasteiger charge is 2.25. The molecule has 26 heavy (non-hydrogen) atoms. The fraction of sp³-hybridized carbons (Fsp3) is 0.526. The third-order valence-electron chi connectivity index (χ3n) is 4.41. The molecule has 0 saturated heterocycles. The van der Waals surface area contributed by atoms with Gasteiger partial charge in [-0.05, 0) is 37.8 Å². The maximum Gasteiger partial charge on any atom is 0.277 e. The first-order chi connectivity index (χ1) is 12.3. The Labute approximate surface area is 154 Å². The number of amides is 3. The lowest BCUT2D eigenvalue weighted by Crippen LogP contribution is -3.11. The SMILES string of the molecule is Cc1cccc(C)c1NC(=O)CN(C)C(=O)C[NH+](C)CC(=O)NC1CC1. The van der Waals surface area contributed by atoms with Crippen molar-refractivity contribution in [3.63, 3.8) is 0 Å². The lowest BCUT2D eigenvalue weighted by Gasteiger charge is -2.20. The van der Waals surface area contributed by atoms with E-state index in [9.17, 15) is 14.4 Å². The van der Waals surface area contributed by atoms with Crippen LogP contribution in [0.2, 0.25) is 0 Å². The van der Waals surface area contributed by atoms with Crippen molar-refractivity contribution >= 4 is 23.4 Å². The normalized spacial score (nSPS) is 14.5. The third-order valence-corrected chi connectivity index (χ3v) is 4.41. The zero-order chi connectivity index (χ0) is 19.3. The van der Waals surface area contributed by atoms with Crippen molar-refractivity contribution in [1.29, 1.82) is 0 Å². The predicted octanol–water partition coefficient (Wildman–Crippen LogP) is -0.506. The number of anilines is 1. The molecule has 1 saturated carbocycles. The van der Waals surface area contributed by atoms with Crippen molar-refractivity contribution < 1.29 is 19.3 Å². The smallest absolute Gasteiger partial charge is 0.277 e. The molecule has 1 aliphatic carbocycles. The lowest BCUT2D eigenvalue weighted by molar-refractivity contribution is -0.862. The molecule has 1 aromatic carbocycles. The summed E-state index contributed by atoms with van der Waals surface area (Å²) in [6.07, 6.45) is 2.09. The van der Waals surface area contributed by atoms with Gasteiger partial charge in [-0.2, -0.15) is 0 Å². The number of aryl methyl sites for hydroxylation is 2. The maximum atomic E-state index is 12.3. The number of nitrogens with one attached hydrogen (secondary N) is 3. The third kappa shape index (κ3) is 6.15. The van der Waals surface area contributed by atoms with E-state index in [1.54, 1.807) is 14.1 Å². The summed E-state index contributed by atoms with van der Waals surface area (Å²) in [7, 11) is 3.40. The number of para-hydroxylation sites is 1. The molecule has 1 atom stereocenters. The van der Waals surface area contributed by atoms with Gasteiger partial charge in [-0.25, -0.2) is 0 Å². The molecule has 142 valence electrons. The van der Waals surface area contributed by atoms with Gasteiger partial charge >= 0.3 is 0 Å². The maximum absolute atomic E-state index is 12.3. The number of likely N-dealkylation sites (N-methyl/N-ethyl adjacent to an activating group) is 2. The van der Waals surface area contributed by atoms with E-state index in [2.05, 4.69) is 10.6 Å². The zero-order valence-corrected chi connectivity index (χ0v) is 16.0. The monoisotopic (exact) mass is 361 g/mol. The van der Waals surface area contributed by atoms with Crippen molar-refractivity contribution in [2.24, 2.45) is 0 Å². The minimum absolute atomic E-state index is 0.0197. The molecule has 1 aliphatic rings. The Bertz CT molecular complexity index is 665. The van der Waals surface area contributed by atoms with Gasteiger partial charge in [-0.1, -0.05) is 18.2 Å². The van der Waals surface area contributed by atoms with Crippen LogP contribution in [0.25, 0.3) is 0 Å². The van der Waals surface area contributed by atoms with E-state index in [1.165, 1.54) is 4.90 Å². The van der Waals surface area contributed by atoms with Gasteiger partial charge in [0, 0.05) is 18.8 Å². The Morgan fingerprint density at radius 1 is 1.12 bits per heavy atom. The van der Waals surface area contributed by atoms with Crippen LogP contribution in [-0.2, 0) is 14.4 Å². The van der Waals surface area contributed by atoms with E-state index in [-0.39, 0.29) is 37.4 Å². The van der Waals surface area contributed by atoms with Gasteiger partial charge in [0.05, 0.1) is 13.6 Å². The molecule has 7 heteroatoms. The molecule has 3 N–H and O–H groups in total. The summed E-state index contributed by atoms with van der Waals surface area (Å²) >= 11 is 0. The quantitative estimate of drug-likeness (QED) is 0.583. The van der Waals surface area contributed by atoms with Crippen LogP contribution in [0.5, 0.6) is 0 Å². The fourth-order valence-corrected chi connectivity index (χ4v) is 2.73. The molecular weight excluding hydrogens is 332 g/mol. The summed E-state index contributed by atoms with van der Waals surface area (Å²) in [6, 6.07) is 6.13. The number of hydrogen-bond acceptors (Lipinski definition) is 3. The van der Waals surface area contributed by atoms with E-state index in [0.717, 1.165) is 34.6 Å². The minimum atomic E-state index is -0.234. The van der Waals surface area contributed by atoms with Gasteiger partial charge in [0.1, 0.15) is 0 Å². The topological polar surface area (TPSA) is 83.0 Å². The number of nitrogens with zero attached hydrogens (tertiary/aromatic N) is 1. The van der Waals surface area contributed by atoms with Crippen LogP contribution >= 0.6 is 0 Å². The van der Waals surface area contributed by atoms with Gasteiger partial charge in [-0.15, -0.1) is 0 Å². The average Bonchev–Trinajstić information content (AvgIpc) is 3.34. The Morgan fingerprint density at radius 3 is 2.31 bits per heavy atom. The van der Waals surface area contributed by atoms with Crippen molar-refractivity contribution in [2.45, 2.75) is 32.7 Å². The molecule has 0 bridgehead atoms. The standard InChI is InChI=1S/C19H28N4O3/c1-13-6-5-7-14(2)19(13)21-17(25)11-23(4)18(26)12-22(3)10-16(24)20-15-8-9-15/h5-7,15H,8-12H2,1-4H3,(H,20,24)(H,21,25)/p+1. The van der Waals surface area contributed by atoms with Crippen LogP contribution in [-0.4, -0.2) is 62.4 Å². The fourth-order valence-electron chi connectivity index (χ4n) is 2.73. The molecule has 0 heterocycles. The van der Waals surface area contributed by atoms with Gasteiger partial charge < -0.3 is 20.4 Å². The van der Waals surface area contributed by atoms with Crippen molar-refractivity contribution in [2.75, 3.05) is 39.0 Å². The second kappa shape index (κ2) is 8.80. The van der Waals surface area contributed by atoms with E-state index in [4.69, 9.17) is 0 Å². The van der Waals surface area contributed by atoms with Crippen LogP contribution in [0.4, 0.5) is 5.69 Å². The van der Waals surface area contributed by atoms with E-state index >= 15 is 0 Å². The van der Waals surface area contributed by atoms with Gasteiger partial charge in [-0.3, -0.25) is 14.4 Å². The van der Waals surface area contributed by atoms with E-state index < -0.39 is 0 Å². The molecule has 1 fully saturated rings. The number of quaternary nitrogens is 1. The summed E-state index contributed by atoms with van der Waals surface area (Å²) in [5.74, 6) is -0.436. The van der Waals surface area contributed by atoms with Crippen molar-refractivity contribution in [3.8, 4) is 0 Å². The molecule has 0 aromatic heterocycles. The number of benzene rings is 1. The molecule has 3 amide bonds. The minimum Gasteiger partial charge on any atom is -0.348 e. The average molecular weight is 361 g/mol. The molecule has 0 spiro atoms. The summed E-state index contributed by atoms with van der Waals surface area (Å²) in [4.78, 5) is 38.5. The van der Waals surface area contributed by atoms with Crippen molar-refractivity contribution in [1.82, 2.24) is 10.2 Å². The first-order valence-corrected chi connectivity index (χ1v) is 8.97. The van der Waals surface area contributed by atoms with E-state index in [1.807, 2.05) is 32.0 Å². The first kappa shape index (κ1) is 19.9. The van der Waals surface area contributed by atoms with Crippen LogP contribution in [0.3, 0.4) is 0 Å². The number of hydrogen-bond donors (Lipinski definition) is 3. The van der Waals surface area contributed by atoms with Gasteiger partial charge in [0.15, 0.2) is 13.1 Å². The molecule has 7 nitrogen and oxygen atoms in total. The molecule has 2 rings (SSSR count). The number of carbonyl (C=O) groups excluding carboxylic acids is 3. The summed E-state index contributed by atoms with van der Waals surface area (Å²) in [6.45, 7) is 4.27. The van der Waals surface area contributed by atoms with Gasteiger partial charge in [0.25, 0.3) is 11.8 Å². The summed E-state index contributed by atoms with van der Waals surface area (Å²) in [5, 5.41) is 5.78. The zero-order valence-electron chi connectivity index (χ0n) is 16.0. The summed E-state index contributed by atoms with van der Waals surface area (Å²) in [5.41, 5.74) is 2.76. The highest BCUT2D eigenvalue weighted by Crippen LogP contribution is 2.19. The second-order valence-electron chi connectivity index (χ2n) is 7.22. The van der Waals surface area contributed by atoms with Crippen LogP contribution in [0.1, 0.15) is 24.0 Å². The van der Waals surface area contributed by atoms with Crippen molar-refractivity contribution in [3.05, 3.63) is 29.3 Å². The Balaban J connectivity index is 1.78. The van der Waals surface area contributed by atoms with Crippen LogP contribution in [0, 0.1) is 13.8 Å². The molecular formula is C19H29N4O3+. The van der Waals surface area contributed by atoms with Crippen LogP contribution in [0.15, 0.2) is 18.2 Å². The van der Waals surface area contributed by atoms with Gasteiger partial charge in [0.2, 0.25) is 5.91 Å². The largest absolute Gasteiger partial charge is 0.348 e. The first-order valence-electron chi connectivity index (χ1n) is 8.97. The molecule has 1 aromatic rings. The van der Waals surface area contributed by atoms with Crippen LogP contribution < -0.4 is 15.5 Å².